The molecule has 35 heavy (non-hydrogen) atoms. The highest BCUT2D eigenvalue weighted by molar-refractivity contribution is 7.98. The first-order valence-corrected chi connectivity index (χ1v) is 12.6. The van der Waals surface area contributed by atoms with Crippen LogP contribution in [0.4, 0.5) is 5.82 Å². The van der Waals surface area contributed by atoms with Crippen LogP contribution in [0.15, 0.2) is 76.5 Å². The largest absolute Gasteiger partial charge is 0.431 e. The number of anilines is 1. The molecule has 0 unspecified atom stereocenters. The first-order valence-electron chi connectivity index (χ1n) is 11.7. The molecule has 0 aliphatic carbocycles. The molecule has 1 aliphatic rings. The van der Waals surface area contributed by atoms with Crippen molar-refractivity contribution in [2.75, 3.05) is 18.4 Å². The minimum absolute atomic E-state index is 0.00188. The highest BCUT2D eigenvalue weighted by Gasteiger charge is 2.29. The summed E-state index contributed by atoms with van der Waals surface area (Å²) in [5, 5.41) is 3.49. The first kappa shape index (κ1) is 23.1. The van der Waals surface area contributed by atoms with Gasteiger partial charge in [0.1, 0.15) is 11.3 Å². The summed E-state index contributed by atoms with van der Waals surface area (Å²) < 4.78 is 5.80. The number of para-hydroxylation sites is 2. The quantitative estimate of drug-likeness (QED) is 0.372. The zero-order valence-corrected chi connectivity index (χ0v) is 20.3. The minimum Gasteiger partial charge on any atom is -0.431 e. The van der Waals surface area contributed by atoms with E-state index < -0.39 is 0 Å². The van der Waals surface area contributed by atoms with Gasteiger partial charge in [0, 0.05) is 36.5 Å². The number of likely N-dealkylation sites (tertiary alicyclic amines) is 1. The van der Waals surface area contributed by atoms with Crippen molar-refractivity contribution in [3.05, 3.63) is 83.6 Å². The fourth-order valence-electron chi connectivity index (χ4n) is 4.26. The highest BCUT2D eigenvalue weighted by atomic mass is 32.2. The maximum atomic E-state index is 13.3. The average Bonchev–Trinajstić information content (AvgIpc) is 3.30. The van der Waals surface area contributed by atoms with E-state index in [0.717, 1.165) is 22.2 Å². The lowest BCUT2D eigenvalue weighted by Crippen LogP contribution is -2.41. The summed E-state index contributed by atoms with van der Waals surface area (Å²) in [5.74, 6) is 0.977. The van der Waals surface area contributed by atoms with Crippen LogP contribution in [0, 0.1) is 12.8 Å². The van der Waals surface area contributed by atoms with Gasteiger partial charge in [-0.2, -0.15) is 0 Å². The van der Waals surface area contributed by atoms with E-state index in [0.29, 0.717) is 48.3 Å². The summed E-state index contributed by atoms with van der Waals surface area (Å²) in [7, 11) is 0. The van der Waals surface area contributed by atoms with Crippen LogP contribution >= 0.6 is 11.8 Å². The van der Waals surface area contributed by atoms with Crippen molar-refractivity contribution in [1.29, 1.82) is 0 Å². The molecule has 0 spiro atoms. The maximum absolute atomic E-state index is 13.3. The molecule has 178 valence electrons. The fourth-order valence-corrected chi connectivity index (χ4v) is 5.10. The third-order valence-corrected chi connectivity index (χ3v) is 7.07. The van der Waals surface area contributed by atoms with Crippen molar-refractivity contribution >= 4 is 40.5 Å². The summed E-state index contributed by atoms with van der Waals surface area (Å²) in [6.07, 6.45) is 2.94. The number of fused-ring (bicyclic) bond motifs is 1. The Hall–Kier alpha value is -3.65. The molecule has 8 heteroatoms. The predicted molar refractivity (Wildman–Crippen MR) is 136 cm³/mol. The summed E-state index contributed by atoms with van der Waals surface area (Å²) in [6, 6.07) is 19.1. The van der Waals surface area contributed by atoms with E-state index in [9.17, 15) is 9.59 Å². The SMILES string of the molecule is Cc1ccnc(NC(=O)C2CCN(C(=O)c3ccccc3CSc3nc4ccccc4o3)CC2)c1. The van der Waals surface area contributed by atoms with Crippen LogP contribution in [-0.2, 0) is 10.5 Å². The Morgan fingerprint density at radius 3 is 2.66 bits per heavy atom. The van der Waals surface area contributed by atoms with Crippen LogP contribution in [0.3, 0.4) is 0 Å². The van der Waals surface area contributed by atoms with Crippen LogP contribution in [0.25, 0.3) is 11.1 Å². The predicted octanol–water partition coefficient (Wildman–Crippen LogP) is 5.31. The van der Waals surface area contributed by atoms with Crippen molar-refractivity contribution in [3.63, 3.8) is 0 Å². The van der Waals surface area contributed by atoms with Gasteiger partial charge in [-0.15, -0.1) is 0 Å². The van der Waals surface area contributed by atoms with Crippen molar-refractivity contribution in [3.8, 4) is 0 Å². The van der Waals surface area contributed by atoms with E-state index in [1.54, 1.807) is 6.20 Å². The van der Waals surface area contributed by atoms with Crippen molar-refractivity contribution in [1.82, 2.24) is 14.9 Å². The Kier molecular flexibility index (Phi) is 6.81. The van der Waals surface area contributed by atoms with Gasteiger partial charge in [-0.05, 0) is 61.2 Å². The van der Waals surface area contributed by atoms with E-state index in [4.69, 9.17) is 4.42 Å². The number of benzene rings is 2. The number of nitrogens with one attached hydrogen (secondary N) is 1. The van der Waals surface area contributed by atoms with Crippen molar-refractivity contribution in [2.45, 2.75) is 30.7 Å². The molecule has 0 radical (unpaired) electrons. The third-order valence-electron chi connectivity index (χ3n) is 6.19. The summed E-state index contributed by atoms with van der Waals surface area (Å²) in [6.45, 7) is 3.06. The number of carbonyl (C=O) groups is 2. The number of rotatable bonds is 6. The molecule has 2 aromatic carbocycles. The molecular weight excluding hydrogens is 460 g/mol. The standard InChI is InChI=1S/C27H26N4O3S/c1-18-10-13-28-24(16-18)30-25(32)19-11-14-31(15-12-19)26(33)21-7-3-2-6-20(21)17-35-27-29-22-8-4-5-9-23(22)34-27/h2-10,13,16,19H,11-12,14-15,17H2,1H3,(H,28,30,32). The lowest BCUT2D eigenvalue weighted by atomic mass is 9.95. The van der Waals surface area contributed by atoms with Gasteiger partial charge in [0.15, 0.2) is 5.58 Å². The smallest absolute Gasteiger partial charge is 0.257 e. The number of hydrogen-bond donors (Lipinski definition) is 1. The molecule has 4 aromatic rings. The van der Waals surface area contributed by atoms with Gasteiger partial charge in [-0.3, -0.25) is 9.59 Å². The molecule has 1 fully saturated rings. The van der Waals surface area contributed by atoms with E-state index >= 15 is 0 Å². The molecular formula is C27H26N4O3S. The Morgan fingerprint density at radius 1 is 1.09 bits per heavy atom. The molecule has 2 amide bonds. The van der Waals surface area contributed by atoms with E-state index in [1.165, 1.54) is 11.8 Å². The lowest BCUT2D eigenvalue weighted by Gasteiger charge is -2.31. The van der Waals surface area contributed by atoms with Gasteiger partial charge >= 0.3 is 0 Å². The number of nitrogens with zero attached hydrogens (tertiary/aromatic N) is 3. The molecule has 2 aromatic heterocycles. The zero-order valence-electron chi connectivity index (χ0n) is 19.4. The first-order chi connectivity index (χ1) is 17.1. The van der Waals surface area contributed by atoms with E-state index in [-0.39, 0.29) is 17.7 Å². The highest BCUT2D eigenvalue weighted by Crippen LogP contribution is 2.28. The van der Waals surface area contributed by atoms with Crippen LogP contribution < -0.4 is 5.32 Å². The van der Waals surface area contributed by atoms with Crippen molar-refractivity contribution < 1.29 is 14.0 Å². The number of carbonyl (C=O) groups excluding carboxylic acids is 2. The fraction of sp³-hybridized carbons (Fsp3) is 0.259. The monoisotopic (exact) mass is 486 g/mol. The number of piperidine rings is 1. The Morgan fingerprint density at radius 2 is 1.86 bits per heavy atom. The second kappa shape index (κ2) is 10.3. The van der Waals surface area contributed by atoms with E-state index in [2.05, 4.69) is 15.3 Å². The molecule has 0 saturated carbocycles. The zero-order chi connectivity index (χ0) is 24.2. The van der Waals surface area contributed by atoms with Crippen LogP contribution in [0.5, 0.6) is 0 Å². The molecule has 7 nitrogen and oxygen atoms in total. The maximum Gasteiger partial charge on any atom is 0.257 e. The van der Waals surface area contributed by atoms with Gasteiger partial charge in [-0.25, -0.2) is 9.97 Å². The molecule has 1 aliphatic heterocycles. The summed E-state index contributed by atoms with van der Waals surface area (Å²) >= 11 is 1.48. The van der Waals surface area contributed by atoms with Crippen molar-refractivity contribution in [2.24, 2.45) is 5.92 Å². The molecule has 0 atom stereocenters. The lowest BCUT2D eigenvalue weighted by molar-refractivity contribution is -0.121. The van der Waals surface area contributed by atoms with Gasteiger partial charge in [0.2, 0.25) is 5.91 Å². The average molecular weight is 487 g/mol. The number of thioether (sulfide) groups is 1. The molecule has 0 bridgehead atoms. The van der Waals surface area contributed by atoms with Crippen LogP contribution in [0.2, 0.25) is 0 Å². The number of oxazole rings is 1. The van der Waals surface area contributed by atoms with Gasteiger partial charge in [0.05, 0.1) is 0 Å². The normalized spacial score (nSPS) is 14.3. The van der Waals surface area contributed by atoms with Gasteiger partial charge in [0.25, 0.3) is 11.1 Å². The number of aromatic nitrogens is 2. The van der Waals surface area contributed by atoms with E-state index in [1.807, 2.05) is 72.5 Å². The summed E-state index contributed by atoms with van der Waals surface area (Å²) in [4.78, 5) is 36.6. The Labute approximate surface area is 207 Å². The second-order valence-corrected chi connectivity index (χ2v) is 9.59. The molecule has 5 rings (SSSR count). The number of amides is 2. The second-order valence-electron chi connectivity index (χ2n) is 8.67. The minimum atomic E-state index is -0.133. The third kappa shape index (κ3) is 5.38. The number of pyridine rings is 1. The van der Waals surface area contributed by atoms with Gasteiger partial charge < -0.3 is 14.6 Å². The molecule has 3 heterocycles. The Bertz CT molecular complexity index is 1330. The Balaban J connectivity index is 1.20. The number of hydrogen-bond acceptors (Lipinski definition) is 6. The summed E-state index contributed by atoms with van der Waals surface area (Å²) in [5.41, 5.74) is 4.25. The van der Waals surface area contributed by atoms with Gasteiger partial charge in [-0.1, -0.05) is 42.1 Å². The number of aryl methyl sites for hydroxylation is 1. The topological polar surface area (TPSA) is 88.3 Å². The van der Waals surface area contributed by atoms with Crippen LogP contribution in [0.1, 0.15) is 34.3 Å². The molecule has 1 N–H and O–H groups in total. The molecule has 1 saturated heterocycles. The van der Waals surface area contributed by atoms with Crippen LogP contribution in [-0.4, -0.2) is 39.8 Å².